The van der Waals surface area contributed by atoms with Crippen molar-refractivity contribution in [2.45, 2.75) is 45.2 Å². The van der Waals surface area contributed by atoms with E-state index in [1.807, 2.05) is 6.07 Å². The zero-order chi connectivity index (χ0) is 16.8. The fourth-order valence-corrected chi connectivity index (χ4v) is 4.00. The van der Waals surface area contributed by atoms with Gasteiger partial charge in [-0.3, -0.25) is 9.69 Å². The molecule has 0 saturated carbocycles. The number of likely N-dealkylation sites (tertiary alicyclic amines) is 2. The fraction of sp³-hybridized carbons (Fsp3) is 0.650. The van der Waals surface area contributed by atoms with E-state index in [0.717, 1.165) is 39.0 Å². The molecule has 1 N–H and O–H groups in total. The molecule has 4 nitrogen and oxygen atoms in total. The lowest BCUT2D eigenvalue weighted by atomic mass is 9.96. The second kappa shape index (κ2) is 8.63. The summed E-state index contributed by atoms with van der Waals surface area (Å²) >= 11 is 0. The Bertz CT molecular complexity index is 511. The van der Waals surface area contributed by atoms with E-state index in [1.54, 1.807) is 0 Å². The van der Waals surface area contributed by atoms with Crippen LogP contribution in [0.15, 0.2) is 30.3 Å². The Morgan fingerprint density at radius 1 is 1.12 bits per heavy atom. The quantitative estimate of drug-likeness (QED) is 0.871. The van der Waals surface area contributed by atoms with Crippen molar-refractivity contribution in [3.63, 3.8) is 0 Å². The molecule has 1 amide bonds. The number of benzene rings is 1. The summed E-state index contributed by atoms with van der Waals surface area (Å²) in [5.41, 5.74) is 1.30. The van der Waals surface area contributed by atoms with Crippen LogP contribution in [0.25, 0.3) is 0 Å². The van der Waals surface area contributed by atoms with Gasteiger partial charge >= 0.3 is 0 Å². The predicted octanol–water partition coefficient (Wildman–Crippen LogP) is 2.50. The molecule has 2 heterocycles. The third-order valence-corrected chi connectivity index (χ3v) is 5.61. The zero-order valence-corrected chi connectivity index (χ0v) is 14.9. The molecule has 2 fully saturated rings. The standard InChI is InChI=1S/C20H31N3O/c1-2-22-13-10-17(11-14-22)15-21-20(24)19-9-6-12-23(19)16-18-7-4-3-5-8-18/h3-5,7-8,17,19H,2,6,9-16H2,1H3,(H,21,24)/t19-/m0/s1. The highest BCUT2D eigenvalue weighted by molar-refractivity contribution is 5.82. The first kappa shape index (κ1) is 17.4. The first-order valence-corrected chi connectivity index (χ1v) is 9.54. The van der Waals surface area contributed by atoms with Gasteiger partial charge in [0.05, 0.1) is 6.04 Å². The number of piperidine rings is 1. The second-order valence-corrected chi connectivity index (χ2v) is 7.24. The van der Waals surface area contributed by atoms with E-state index in [1.165, 1.54) is 31.5 Å². The van der Waals surface area contributed by atoms with Gasteiger partial charge < -0.3 is 10.2 Å². The molecule has 2 aliphatic heterocycles. The molecule has 0 bridgehead atoms. The molecule has 2 aliphatic rings. The third-order valence-electron chi connectivity index (χ3n) is 5.61. The van der Waals surface area contributed by atoms with Crippen LogP contribution < -0.4 is 5.32 Å². The van der Waals surface area contributed by atoms with Gasteiger partial charge in [0, 0.05) is 13.1 Å². The molecule has 1 aromatic carbocycles. The minimum atomic E-state index is 0.0564. The van der Waals surface area contributed by atoms with Crippen LogP contribution in [0.1, 0.15) is 38.2 Å². The fourth-order valence-electron chi connectivity index (χ4n) is 4.00. The Hall–Kier alpha value is -1.39. The van der Waals surface area contributed by atoms with Crippen LogP contribution in [-0.2, 0) is 11.3 Å². The maximum Gasteiger partial charge on any atom is 0.237 e. The van der Waals surface area contributed by atoms with Gasteiger partial charge in [-0.2, -0.15) is 0 Å². The van der Waals surface area contributed by atoms with Gasteiger partial charge in [-0.1, -0.05) is 37.3 Å². The number of hydrogen-bond acceptors (Lipinski definition) is 3. The van der Waals surface area contributed by atoms with Crippen LogP contribution in [0.5, 0.6) is 0 Å². The smallest absolute Gasteiger partial charge is 0.237 e. The number of hydrogen-bond donors (Lipinski definition) is 1. The van der Waals surface area contributed by atoms with E-state index < -0.39 is 0 Å². The number of nitrogens with one attached hydrogen (secondary N) is 1. The van der Waals surface area contributed by atoms with Crippen molar-refractivity contribution in [1.29, 1.82) is 0 Å². The summed E-state index contributed by atoms with van der Waals surface area (Å²) in [7, 11) is 0. The molecule has 4 heteroatoms. The maximum absolute atomic E-state index is 12.6. The molecule has 1 aromatic rings. The van der Waals surface area contributed by atoms with Gasteiger partial charge in [-0.15, -0.1) is 0 Å². The molecule has 2 saturated heterocycles. The molecular weight excluding hydrogens is 298 g/mol. The van der Waals surface area contributed by atoms with Crippen molar-refractivity contribution >= 4 is 5.91 Å². The highest BCUT2D eigenvalue weighted by Crippen LogP contribution is 2.21. The lowest BCUT2D eigenvalue weighted by Gasteiger charge is -2.31. The Labute approximate surface area is 146 Å². The summed E-state index contributed by atoms with van der Waals surface area (Å²) in [5.74, 6) is 0.891. The first-order chi connectivity index (χ1) is 11.8. The van der Waals surface area contributed by atoms with Crippen molar-refractivity contribution < 1.29 is 4.79 Å². The molecule has 0 aromatic heterocycles. The summed E-state index contributed by atoms with van der Waals surface area (Å²) in [6.07, 6.45) is 4.55. The topological polar surface area (TPSA) is 35.6 Å². The Morgan fingerprint density at radius 3 is 2.58 bits per heavy atom. The van der Waals surface area contributed by atoms with E-state index in [-0.39, 0.29) is 11.9 Å². The molecule has 0 unspecified atom stereocenters. The molecule has 132 valence electrons. The second-order valence-electron chi connectivity index (χ2n) is 7.24. The van der Waals surface area contributed by atoms with Crippen molar-refractivity contribution in [3.8, 4) is 0 Å². The first-order valence-electron chi connectivity index (χ1n) is 9.54. The van der Waals surface area contributed by atoms with Gasteiger partial charge in [0.15, 0.2) is 0 Å². The zero-order valence-electron chi connectivity index (χ0n) is 14.9. The van der Waals surface area contributed by atoms with Crippen molar-refractivity contribution in [3.05, 3.63) is 35.9 Å². The van der Waals surface area contributed by atoms with E-state index in [2.05, 4.69) is 46.3 Å². The number of amides is 1. The van der Waals surface area contributed by atoms with Crippen LogP contribution in [0.4, 0.5) is 0 Å². The van der Waals surface area contributed by atoms with Gasteiger partial charge in [0.25, 0.3) is 0 Å². The maximum atomic E-state index is 12.6. The molecule has 0 spiro atoms. The molecule has 24 heavy (non-hydrogen) atoms. The molecule has 0 aliphatic carbocycles. The van der Waals surface area contributed by atoms with Crippen LogP contribution >= 0.6 is 0 Å². The SMILES string of the molecule is CCN1CCC(CNC(=O)[C@@H]2CCCN2Cc2ccccc2)CC1. The number of rotatable bonds is 6. The summed E-state index contributed by atoms with van der Waals surface area (Å²) in [6, 6.07) is 10.5. The lowest BCUT2D eigenvalue weighted by Crippen LogP contribution is -2.45. The highest BCUT2D eigenvalue weighted by atomic mass is 16.2. The monoisotopic (exact) mass is 329 g/mol. The third kappa shape index (κ3) is 4.58. The van der Waals surface area contributed by atoms with Crippen LogP contribution in [0, 0.1) is 5.92 Å². The minimum Gasteiger partial charge on any atom is -0.354 e. The van der Waals surface area contributed by atoms with Gasteiger partial charge in [-0.05, 0) is 63.3 Å². The number of nitrogens with zero attached hydrogens (tertiary/aromatic N) is 2. The molecule has 1 atom stereocenters. The number of carbonyl (C=O) groups is 1. The summed E-state index contributed by atoms with van der Waals surface area (Å²) in [6.45, 7) is 8.50. The average Bonchev–Trinajstić information content (AvgIpc) is 3.09. The largest absolute Gasteiger partial charge is 0.354 e. The summed E-state index contributed by atoms with van der Waals surface area (Å²) in [5, 5.41) is 3.24. The average molecular weight is 329 g/mol. The van der Waals surface area contributed by atoms with E-state index in [4.69, 9.17) is 0 Å². The predicted molar refractivity (Wildman–Crippen MR) is 97.7 cm³/mol. The van der Waals surface area contributed by atoms with Crippen LogP contribution in [0.3, 0.4) is 0 Å². The Balaban J connectivity index is 1.45. The highest BCUT2D eigenvalue weighted by Gasteiger charge is 2.31. The molecule has 3 rings (SSSR count). The Kier molecular flexibility index (Phi) is 6.27. The van der Waals surface area contributed by atoms with Crippen molar-refractivity contribution in [2.24, 2.45) is 5.92 Å². The van der Waals surface area contributed by atoms with Crippen LogP contribution in [-0.4, -0.2) is 54.5 Å². The van der Waals surface area contributed by atoms with Gasteiger partial charge in [0.1, 0.15) is 0 Å². The molecule has 0 radical (unpaired) electrons. The van der Waals surface area contributed by atoms with E-state index >= 15 is 0 Å². The summed E-state index contributed by atoms with van der Waals surface area (Å²) in [4.78, 5) is 17.5. The van der Waals surface area contributed by atoms with Gasteiger partial charge in [0.2, 0.25) is 5.91 Å². The van der Waals surface area contributed by atoms with Crippen molar-refractivity contribution in [1.82, 2.24) is 15.1 Å². The number of carbonyl (C=O) groups excluding carboxylic acids is 1. The van der Waals surface area contributed by atoms with Gasteiger partial charge in [-0.25, -0.2) is 0 Å². The lowest BCUT2D eigenvalue weighted by molar-refractivity contribution is -0.125. The normalized spacial score (nSPS) is 23.5. The van der Waals surface area contributed by atoms with E-state index in [9.17, 15) is 4.79 Å². The Morgan fingerprint density at radius 2 is 1.88 bits per heavy atom. The van der Waals surface area contributed by atoms with E-state index in [0.29, 0.717) is 5.92 Å². The molecular formula is C20H31N3O. The summed E-state index contributed by atoms with van der Waals surface area (Å²) < 4.78 is 0. The van der Waals surface area contributed by atoms with Crippen LogP contribution in [0.2, 0.25) is 0 Å². The minimum absolute atomic E-state index is 0.0564. The van der Waals surface area contributed by atoms with Crippen molar-refractivity contribution in [2.75, 3.05) is 32.7 Å².